The van der Waals surface area contributed by atoms with Gasteiger partial charge in [0.05, 0.1) is 33.6 Å². The Balaban J connectivity index is 0.000000137. The molecule has 5 aliphatic rings. The van der Waals surface area contributed by atoms with Crippen LogP contribution < -0.4 is 9.80 Å². The van der Waals surface area contributed by atoms with Crippen LogP contribution in [0.1, 0.15) is 106 Å². The lowest BCUT2D eigenvalue weighted by molar-refractivity contribution is 0.550. The van der Waals surface area contributed by atoms with Gasteiger partial charge < -0.3 is 18.6 Å². The minimum absolute atomic E-state index is 0.0460. The van der Waals surface area contributed by atoms with Crippen molar-refractivity contribution >= 4 is 78.0 Å². The highest BCUT2D eigenvalue weighted by Gasteiger charge is 2.53. The molecule has 0 atom stereocenters. The number of anilines is 6. The maximum Gasteiger partial charge on any atom is 0.142 e. The number of benzene rings is 17. The SMILES string of the molecule is CC1(C)c2ccccc2-c2c(N(c3ccc(-c4ccccc4)cc3)c3ccc4c(oc5ccccc54)c3C3(c4ccccc4)c4ccccc4-c4ccccc43)cccc21.c1ccc(N(c2cccc3c2-c2ccccc2C32CCCC2)c2ccc3c(oc4ccccc43)c2C2(c3ccccc3)c3ccccc3-c3ccccc32)cc1. The molecule has 0 aliphatic heterocycles. The topological polar surface area (TPSA) is 32.8 Å². The number of para-hydroxylation sites is 3. The molecule has 0 radical (unpaired) electrons. The summed E-state index contributed by atoms with van der Waals surface area (Å²) in [7, 11) is 0. The molecule has 0 amide bonds. The van der Waals surface area contributed by atoms with Crippen LogP contribution in [0.5, 0.6) is 0 Å². The van der Waals surface area contributed by atoms with E-state index in [9.17, 15) is 0 Å². The Hall–Kier alpha value is -14.1. The number of furan rings is 2. The van der Waals surface area contributed by atoms with Gasteiger partial charge in [-0.25, -0.2) is 0 Å². The van der Waals surface area contributed by atoms with Crippen LogP contribution in [0.4, 0.5) is 34.1 Å². The summed E-state index contributed by atoms with van der Waals surface area (Å²) in [5.74, 6) is 0. The Morgan fingerprint density at radius 2 is 0.586 bits per heavy atom. The molecule has 1 fully saturated rings. The molecule has 116 heavy (non-hydrogen) atoms. The third kappa shape index (κ3) is 9.62. The van der Waals surface area contributed by atoms with E-state index in [1.54, 1.807) is 0 Å². The molecule has 550 valence electrons. The van der Waals surface area contributed by atoms with Gasteiger partial charge in [-0.2, -0.15) is 0 Å². The molecule has 2 aromatic heterocycles. The van der Waals surface area contributed by atoms with Crippen LogP contribution in [-0.4, -0.2) is 0 Å². The van der Waals surface area contributed by atoms with Crippen LogP contribution in [-0.2, 0) is 21.7 Å². The molecule has 0 N–H and O–H groups in total. The molecule has 17 aromatic carbocycles. The van der Waals surface area contributed by atoms with Gasteiger partial charge in [0.1, 0.15) is 22.3 Å². The zero-order valence-corrected chi connectivity index (χ0v) is 64.6. The Morgan fingerprint density at radius 3 is 1.06 bits per heavy atom. The van der Waals surface area contributed by atoms with Crippen molar-refractivity contribution in [1.29, 1.82) is 0 Å². The Kier molecular flexibility index (Phi) is 15.3. The predicted octanol–water partition coefficient (Wildman–Crippen LogP) is 29.7. The van der Waals surface area contributed by atoms with E-state index in [1.807, 2.05) is 0 Å². The van der Waals surface area contributed by atoms with Crippen molar-refractivity contribution in [3.63, 3.8) is 0 Å². The standard InChI is InChI=1S/C58H41NO.C54H39NO/c1-57(2)47-26-13-11-25-46(47)54-50(57)29-17-30-51(54)59(41-34-32-39(33-35-41)38-18-5-3-6-19-38)52-37-36-45-44-24-12-16-31-53(44)60-56(45)55(52)58(40-20-7-4-8-21-40)48-27-14-9-22-42(48)43-23-10-15-28-49(43)58;1-3-18-36(19-4-1)54(44-27-12-7-22-38(44)39-23-8-13-28-45(39)54)51-48(33-32-41-40-24-10-14-31-49(40)56-52(41)51)55(37-20-5-2-6-21-37)47-30-17-29-46-50(47)42-25-9-11-26-43(42)53(46)34-15-16-35-53/h3-37H,1-2H3;1-14,17-33H,15-16,34-35H2. The predicted molar refractivity (Wildman–Crippen MR) is 479 cm³/mol. The van der Waals surface area contributed by atoms with Crippen LogP contribution in [0.2, 0.25) is 0 Å². The van der Waals surface area contributed by atoms with Crippen LogP contribution >= 0.6 is 0 Å². The summed E-state index contributed by atoms with van der Waals surface area (Å²) in [6.45, 7) is 4.73. The van der Waals surface area contributed by atoms with E-state index in [0.717, 1.165) is 83.4 Å². The largest absolute Gasteiger partial charge is 0.456 e. The smallest absolute Gasteiger partial charge is 0.142 e. The highest BCUT2D eigenvalue weighted by molar-refractivity contribution is 6.13. The quantitative estimate of drug-likeness (QED) is 0.129. The van der Waals surface area contributed by atoms with E-state index in [-0.39, 0.29) is 10.8 Å². The highest BCUT2D eigenvalue weighted by atomic mass is 16.3. The summed E-state index contributed by atoms with van der Waals surface area (Å²) in [5.41, 5.74) is 36.7. The lowest BCUT2D eigenvalue weighted by Gasteiger charge is -2.38. The minimum atomic E-state index is -0.742. The zero-order chi connectivity index (χ0) is 76.9. The molecule has 0 saturated heterocycles. The van der Waals surface area contributed by atoms with Crippen molar-refractivity contribution in [2.45, 2.75) is 61.2 Å². The lowest BCUT2D eigenvalue weighted by atomic mass is 9.66. The molecule has 0 bridgehead atoms. The molecule has 2 heterocycles. The fourth-order valence-electron chi connectivity index (χ4n) is 21.9. The van der Waals surface area contributed by atoms with Crippen molar-refractivity contribution in [1.82, 2.24) is 0 Å². The normalized spacial score (nSPS) is 14.8. The minimum Gasteiger partial charge on any atom is -0.456 e. The molecule has 1 saturated carbocycles. The Bertz CT molecular complexity index is 7030. The van der Waals surface area contributed by atoms with Gasteiger partial charge in [-0.3, -0.25) is 0 Å². The van der Waals surface area contributed by atoms with E-state index in [2.05, 4.69) is 424 Å². The second kappa shape index (κ2) is 26.3. The van der Waals surface area contributed by atoms with Gasteiger partial charge in [-0.1, -0.05) is 354 Å². The Morgan fingerprint density at radius 1 is 0.241 bits per heavy atom. The average Bonchev–Trinajstić information content (AvgIpc) is 1.49. The van der Waals surface area contributed by atoms with Crippen molar-refractivity contribution in [2.75, 3.05) is 9.80 Å². The van der Waals surface area contributed by atoms with Crippen LogP contribution in [0.25, 0.3) is 99.5 Å². The average molecular weight is 1490 g/mol. The molecular formula is C112H80N2O2. The van der Waals surface area contributed by atoms with Gasteiger partial charge in [0.2, 0.25) is 0 Å². The second-order valence-corrected chi connectivity index (χ2v) is 32.6. The van der Waals surface area contributed by atoms with E-state index in [0.29, 0.717) is 0 Å². The zero-order valence-electron chi connectivity index (χ0n) is 64.6. The molecule has 5 aliphatic carbocycles. The first-order valence-corrected chi connectivity index (χ1v) is 41.0. The van der Waals surface area contributed by atoms with Crippen LogP contribution in [0, 0.1) is 0 Å². The van der Waals surface area contributed by atoms with E-state index in [1.165, 1.54) is 143 Å². The monoisotopic (exact) mass is 1480 g/mol. The number of hydrogen-bond acceptors (Lipinski definition) is 4. The van der Waals surface area contributed by atoms with E-state index < -0.39 is 10.8 Å². The summed E-state index contributed by atoms with van der Waals surface area (Å²) in [5, 5.41) is 4.46. The highest BCUT2D eigenvalue weighted by Crippen LogP contribution is 2.66. The number of nitrogens with zero attached hydrogens (tertiary/aromatic N) is 2. The maximum atomic E-state index is 7.27. The van der Waals surface area contributed by atoms with Gasteiger partial charge in [-0.15, -0.1) is 0 Å². The third-order valence-electron chi connectivity index (χ3n) is 26.6. The summed E-state index contributed by atoms with van der Waals surface area (Å²) in [6, 6.07) is 148. The van der Waals surface area contributed by atoms with Gasteiger partial charge >= 0.3 is 0 Å². The summed E-state index contributed by atoms with van der Waals surface area (Å²) in [6.07, 6.45) is 4.89. The first kappa shape index (κ1) is 67.6. The fourth-order valence-corrected chi connectivity index (χ4v) is 21.9. The van der Waals surface area contributed by atoms with E-state index in [4.69, 9.17) is 8.83 Å². The van der Waals surface area contributed by atoms with Crippen molar-refractivity contribution in [3.05, 3.63) is 467 Å². The van der Waals surface area contributed by atoms with Crippen molar-refractivity contribution < 1.29 is 8.83 Å². The summed E-state index contributed by atoms with van der Waals surface area (Å²) >= 11 is 0. The maximum absolute atomic E-state index is 7.27. The van der Waals surface area contributed by atoms with Crippen LogP contribution in [0.3, 0.4) is 0 Å². The third-order valence-corrected chi connectivity index (χ3v) is 26.6. The van der Waals surface area contributed by atoms with Crippen LogP contribution in [0.15, 0.2) is 409 Å². The van der Waals surface area contributed by atoms with Gasteiger partial charge in [0, 0.05) is 66.0 Å². The second-order valence-electron chi connectivity index (χ2n) is 32.6. The number of fused-ring (bicyclic) bond motifs is 20. The first-order chi connectivity index (χ1) is 57.3. The Labute approximate surface area is 676 Å². The first-order valence-electron chi connectivity index (χ1n) is 41.0. The number of rotatable bonds is 11. The molecule has 19 aromatic rings. The van der Waals surface area contributed by atoms with Gasteiger partial charge in [0.25, 0.3) is 0 Å². The van der Waals surface area contributed by atoms with Gasteiger partial charge in [0.15, 0.2) is 0 Å². The molecule has 4 heteroatoms. The molecular weight excluding hydrogens is 1410 g/mol. The summed E-state index contributed by atoms with van der Waals surface area (Å²) in [4.78, 5) is 5.09. The van der Waals surface area contributed by atoms with Gasteiger partial charge in [-0.05, 0) is 186 Å². The summed E-state index contributed by atoms with van der Waals surface area (Å²) < 4.78 is 14.5. The molecule has 24 rings (SSSR count). The molecule has 0 unspecified atom stereocenters. The molecule has 4 nitrogen and oxygen atoms in total. The fraction of sp³-hybridized carbons (Fsp3) is 0.0893. The molecule has 1 spiro atoms. The number of hydrogen-bond donors (Lipinski definition) is 0. The van der Waals surface area contributed by atoms with Crippen molar-refractivity contribution in [3.8, 4) is 55.6 Å². The van der Waals surface area contributed by atoms with E-state index >= 15 is 0 Å². The lowest BCUT2D eigenvalue weighted by Crippen LogP contribution is -2.31. The van der Waals surface area contributed by atoms with Crippen molar-refractivity contribution in [2.24, 2.45) is 0 Å².